The zero-order valence-electron chi connectivity index (χ0n) is 10.2. The molecule has 0 saturated carbocycles. The minimum atomic E-state index is -0.203. The zero-order valence-corrected chi connectivity index (χ0v) is 10.2. The molecule has 90 valence electrons. The second kappa shape index (κ2) is 8.72. The van der Waals surface area contributed by atoms with E-state index in [1.807, 2.05) is 6.92 Å². The SMILES string of the molecule is CC(=O)OCCCCCCC(C)C(C)O. The van der Waals surface area contributed by atoms with Crippen LogP contribution in [0.25, 0.3) is 0 Å². The smallest absolute Gasteiger partial charge is 0.302 e. The van der Waals surface area contributed by atoms with Gasteiger partial charge in [-0.15, -0.1) is 0 Å². The molecule has 15 heavy (non-hydrogen) atoms. The van der Waals surface area contributed by atoms with Crippen molar-refractivity contribution in [3.05, 3.63) is 0 Å². The van der Waals surface area contributed by atoms with E-state index in [1.165, 1.54) is 6.92 Å². The summed E-state index contributed by atoms with van der Waals surface area (Å²) in [6.45, 7) is 5.89. The molecule has 3 nitrogen and oxygen atoms in total. The molecule has 3 heteroatoms. The number of carbonyl (C=O) groups excluding carboxylic acids is 1. The Labute approximate surface area is 92.8 Å². The average Bonchev–Trinajstić information content (AvgIpc) is 2.15. The molecule has 0 aromatic rings. The summed E-state index contributed by atoms with van der Waals surface area (Å²) < 4.78 is 4.83. The lowest BCUT2D eigenvalue weighted by atomic mass is 9.98. The van der Waals surface area contributed by atoms with E-state index < -0.39 is 0 Å². The van der Waals surface area contributed by atoms with E-state index >= 15 is 0 Å². The standard InChI is InChI=1S/C12H24O3/c1-10(11(2)13)8-6-4-5-7-9-15-12(3)14/h10-11,13H,4-9H2,1-3H3. The minimum Gasteiger partial charge on any atom is -0.466 e. The Morgan fingerprint density at radius 2 is 1.80 bits per heavy atom. The summed E-state index contributed by atoms with van der Waals surface area (Å²) in [6, 6.07) is 0. The van der Waals surface area contributed by atoms with Gasteiger partial charge in [-0.05, 0) is 25.7 Å². The Balaban J connectivity index is 3.15. The van der Waals surface area contributed by atoms with Gasteiger partial charge in [-0.2, -0.15) is 0 Å². The van der Waals surface area contributed by atoms with E-state index in [1.54, 1.807) is 0 Å². The molecular weight excluding hydrogens is 192 g/mol. The topological polar surface area (TPSA) is 46.5 Å². The van der Waals surface area contributed by atoms with Crippen LogP contribution in [0.15, 0.2) is 0 Å². The van der Waals surface area contributed by atoms with Gasteiger partial charge < -0.3 is 9.84 Å². The van der Waals surface area contributed by atoms with Crippen LogP contribution in [-0.4, -0.2) is 23.8 Å². The number of hydrogen-bond acceptors (Lipinski definition) is 3. The molecule has 0 aliphatic heterocycles. The molecule has 0 rings (SSSR count). The van der Waals surface area contributed by atoms with E-state index in [2.05, 4.69) is 6.92 Å². The molecule has 1 N–H and O–H groups in total. The summed E-state index contributed by atoms with van der Waals surface area (Å²) in [6.07, 6.45) is 5.21. The van der Waals surface area contributed by atoms with Crippen LogP contribution in [0.3, 0.4) is 0 Å². The predicted molar refractivity (Wildman–Crippen MR) is 60.6 cm³/mol. The number of carbonyl (C=O) groups is 1. The van der Waals surface area contributed by atoms with Crippen molar-refractivity contribution in [2.45, 2.75) is 59.0 Å². The number of aliphatic hydroxyl groups is 1. The highest BCUT2D eigenvalue weighted by Crippen LogP contribution is 2.13. The lowest BCUT2D eigenvalue weighted by Crippen LogP contribution is -2.12. The van der Waals surface area contributed by atoms with Crippen LogP contribution < -0.4 is 0 Å². The van der Waals surface area contributed by atoms with Gasteiger partial charge >= 0.3 is 5.97 Å². The lowest BCUT2D eigenvalue weighted by Gasteiger charge is -2.13. The number of rotatable bonds is 8. The summed E-state index contributed by atoms with van der Waals surface area (Å²) in [7, 11) is 0. The van der Waals surface area contributed by atoms with Gasteiger partial charge in [0.25, 0.3) is 0 Å². The Morgan fingerprint density at radius 1 is 1.20 bits per heavy atom. The van der Waals surface area contributed by atoms with Crippen LogP contribution in [0, 0.1) is 5.92 Å². The number of hydrogen-bond donors (Lipinski definition) is 1. The first-order valence-electron chi connectivity index (χ1n) is 5.85. The summed E-state index contributed by atoms with van der Waals surface area (Å²) in [5.74, 6) is 0.191. The van der Waals surface area contributed by atoms with Crippen molar-refractivity contribution in [1.82, 2.24) is 0 Å². The van der Waals surface area contributed by atoms with Gasteiger partial charge in [-0.1, -0.05) is 26.2 Å². The van der Waals surface area contributed by atoms with E-state index in [0.717, 1.165) is 32.1 Å². The fourth-order valence-corrected chi connectivity index (χ4v) is 1.38. The molecule has 0 aromatic heterocycles. The third-order valence-corrected chi connectivity index (χ3v) is 2.68. The molecule has 0 aromatic carbocycles. The summed E-state index contributed by atoms with van der Waals surface area (Å²) in [5, 5.41) is 9.27. The van der Waals surface area contributed by atoms with Crippen molar-refractivity contribution in [3.8, 4) is 0 Å². The van der Waals surface area contributed by atoms with E-state index in [-0.39, 0.29) is 12.1 Å². The minimum absolute atomic E-state index is 0.197. The molecule has 0 bridgehead atoms. The van der Waals surface area contributed by atoms with Crippen molar-refractivity contribution < 1.29 is 14.6 Å². The Bertz CT molecular complexity index is 166. The Hall–Kier alpha value is -0.570. The van der Waals surface area contributed by atoms with Gasteiger partial charge in [-0.3, -0.25) is 4.79 Å². The summed E-state index contributed by atoms with van der Waals surface area (Å²) in [4.78, 5) is 10.4. The Kier molecular flexibility index (Phi) is 8.38. The fourth-order valence-electron chi connectivity index (χ4n) is 1.38. The summed E-state index contributed by atoms with van der Waals surface area (Å²) >= 11 is 0. The van der Waals surface area contributed by atoms with Gasteiger partial charge in [-0.25, -0.2) is 0 Å². The third-order valence-electron chi connectivity index (χ3n) is 2.68. The molecule has 2 unspecified atom stereocenters. The van der Waals surface area contributed by atoms with Crippen molar-refractivity contribution in [2.75, 3.05) is 6.61 Å². The van der Waals surface area contributed by atoms with Gasteiger partial charge in [0.15, 0.2) is 0 Å². The molecule has 0 spiro atoms. The van der Waals surface area contributed by atoms with Crippen LogP contribution in [0.1, 0.15) is 52.9 Å². The molecule has 0 fully saturated rings. The summed E-state index contributed by atoms with van der Waals surface area (Å²) in [5.41, 5.74) is 0. The largest absolute Gasteiger partial charge is 0.466 e. The molecule has 0 saturated heterocycles. The lowest BCUT2D eigenvalue weighted by molar-refractivity contribution is -0.141. The number of ether oxygens (including phenoxy) is 1. The van der Waals surface area contributed by atoms with Gasteiger partial charge in [0.05, 0.1) is 12.7 Å². The van der Waals surface area contributed by atoms with Gasteiger partial charge in [0.1, 0.15) is 0 Å². The number of unbranched alkanes of at least 4 members (excludes halogenated alkanes) is 3. The molecule has 0 heterocycles. The quantitative estimate of drug-likeness (QED) is 0.501. The molecule has 0 radical (unpaired) electrons. The second-order valence-corrected chi connectivity index (χ2v) is 4.26. The van der Waals surface area contributed by atoms with E-state index in [9.17, 15) is 9.90 Å². The van der Waals surface area contributed by atoms with Crippen LogP contribution in [-0.2, 0) is 9.53 Å². The highest BCUT2D eigenvalue weighted by atomic mass is 16.5. The molecular formula is C12H24O3. The first-order valence-corrected chi connectivity index (χ1v) is 5.85. The van der Waals surface area contributed by atoms with E-state index in [0.29, 0.717) is 12.5 Å². The van der Waals surface area contributed by atoms with Gasteiger partial charge in [0, 0.05) is 6.92 Å². The van der Waals surface area contributed by atoms with Crippen molar-refractivity contribution in [1.29, 1.82) is 0 Å². The van der Waals surface area contributed by atoms with Crippen LogP contribution >= 0.6 is 0 Å². The highest BCUT2D eigenvalue weighted by Gasteiger charge is 2.07. The number of esters is 1. The van der Waals surface area contributed by atoms with E-state index in [4.69, 9.17) is 4.74 Å². The first-order chi connectivity index (χ1) is 7.04. The van der Waals surface area contributed by atoms with Crippen LogP contribution in [0.4, 0.5) is 0 Å². The molecule has 0 aliphatic rings. The highest BCUT2D eigenvalue weighted by molar-refractivity contribution is 5.65. The van der Waals surface area contributed by atoms with Crippen LogP contribution in [0.5, 0.6) is 0 Å². The maximum Gasteiger partial charge on any atom is 0.302 e. The fraction of sp³-hybridized carbons (Fsp3) is 0.917. The number of aliphatic hydroxyl groups excluding tert-OH is 1. The predicted octanol–water partition coefficient (Wildman–Crippen LogP) is 2.52. The monoisotopic (exact) mass is 216 g/mol. The molecule has 0 amide bonds. The average molecular weight is 216 g/mol. The molecule has 2 atom stereocenters. The first kappa shape index (κ1) is 14.4. The third kappa shape index (κ3) is 9.73. The maximum absolute atomic E-state index is 10.4. The Morgan fingerprint density at radius 3 is 2.33 bits per heavy atom. The van der Waals surface area contributed by atoms with Crippen molar-refractivity contribution >= 4 is 5.97 Å². The molecule has 0 aliphatic carbocycles. The second-order valence-electron chi connectivity index (χ2n) is 4.26. The normalized spacial score (nSPS) is 14.7. The maximum atomic E-state index is 10.4. The van der Waals surface area contributed by atoms with Crippen molar-refractivity contribution in [3.63, 3.8) is 0 Å². The zero-order chi connectivity index (χ0) is 11.7. The van der Waals surface area contributed by atoms with Crippen LogP contribution in [0.2, 0.25) is 0 Å². The van der Waals surface area contributed by atoms with Gasteiger partial charge in [0.2, 0.25) is 0 Å². The van der Waals surface area contributed by atoms with Crippen molar-refractivity contribution in [2.24, 2.45) is 5.92 Å².